The van der Waals surface area contributed by atoms with E-state index >= 15 is 0 Å². The number of amides is 1. The second-order valence-electron chi connectivity index (χ2n) is 7.27. The summed E-state index contributed by atoms with van der Waals surface area (Å²) in [5.74, 6) is -2.47. The molecule has 0 radical (unpaired) electrons. The molecule has 0 bridgehead atoms. The zero-order valence-electron chi connectivity index (χ0n) is 20.2. The highest BCUT2D eigenvalue weighted by molar-refractivity contribution is 5.73. The molecule has 0 aliphatic carbocycles. The van der Waals surface area contributed by atoms with Crippen molar-refractivity contribution in [1.29, 1.82) is 0 Å². The zero-order chi connectivity index (χ0) is 26.2. The highest BCUT2D eigenvalue weighted by Crippen LogP contribution is 2.28. The van der Waals surface area contributed by atoms with E-state index < -0.39 is 54.5 Å². The quantitative estimate of drug-likeness (QED) is 0.0787. The molecule has 15 heteroatoms. The molecule has 0 aromatic carbocycles. The summed E-state index contributed by atoms with van der Waals surface area (Å²) in [7, 11) is 0. The minimum Gasteiger partial charge on any atom is -0.463 e. The van der Waals surface area contributed by atoms with E-state index in [4.69, 9.17) is 38.7 Å². The first-order valence-corrected chi connectivity index (χ1v) is 10.8. The van der Waals surface area contributed by atoms with Crippen molar-refractivity contribution in [3.05, 3.63) is 10.4 Å². The lowest BCUT2D eigenvalue weighted by atomic mass is 9.96. The van der Waals surface area contributed by atoms with E-state index in [2.05, 4.69) is 15.3 Å². The summed E-state index contributed by atoms with van der Waals surface area (Å²) in [5.41, 5.74) is 8.19. The molecule has 1 N–H and O–H groups in total. The van der Waals surface area contributed by atoms with Crippen LogP contribution in [0.4, 0.5) is 0 Å². The molecule has 0 aromatic rings. The fourth-order valence-electron chi connectivity index (χ4n) is 3.13. The average molecular weight is 504 g/mol. The first kappa shape index (κ1) is 30.1. The largest absolute Gasteiger partial charge is 0.463 e. The van der Waals surface area contributed by atoms with Crippen LogP contribution in [0.1, 0.15) is 27.7 Å². The Kier molecular flexibility index (Phi) is 14.3. The Labute approximate surface area is 202 Å². The summed E-state index contributed by atoms with van der Waals surface area (Å²) in [6.07, 6.45) is -4.58. The first-order chi connectivity index (χ1) is 16.6. The summed E-state index contributed by atoms with van der Waals surface area (Å²) >= 11 is 0. The number of rotatable bonds is 15. The van der Waals surface area contributed by atoms with Crippen LogP contribution in [0.5, 0.6) is 0 Å². The van der Waals surface area contributed by atoms with Crippen LogP contribution < -0.4 is 5.32 Å². The molecule has 15 nitrogen and oxygen atoms in total. The molecule has 1 amide bonds. The summed E-state index contributed by atoms with van der Waals surface area (Å²) < 4.78 is 37.9. The van der Waals surface area contributed by atoms with Crippen molar-refractivity contribution in [2.45, 2.75) is 58.3 Å². The van der Waals surface area contributed by atoms with Crippen LogP contribution in [0.3, 0.4) is 0 Å². The van der Waals surface area contributed by atoms with Gasteiger partial charge in [-0.2, -0.15) is 0 Å². The summed E-state index contributed by atoms with van der Waals surface area (Å²) in [6.45, 7) is 5.60. The second-order valence-corrected chi connectivity index (χ2v) is 7.27. The average Bonchev–Trinajstić information content (AvgIpc) is 2.76. The number of carbonyl (C=O) groups is 4. The van der Waals surface area contributed by atoms with E-state index in [-0.39, 0.29) is 46.2 Å². The molecule has 0 spiro atoms. The molecule has 0 saturated carbocycles. The van der Waals surface area contributed by atoms with Crippen molar-refractivity contribution in [2.75, 3.05) is 46.2 Å². The van der Waals surface area contributed by atoms with Crippen molar-refractivity contribution in [1.82, 2.24) is 5.32 Å². The predicted octanol–water partition coefficient (Wildman–Crippen LogP) is 0.00260. The molecule has 1 fully saturated rings. The van der Waals surface area contributed by atoms with Crippen molar-refractivity contribution < 1.29 is 52.3 Å². The Balaban J connectivity index is 2.85. The summed E-state index contributed by atoms with van der Waals surface area (Å²) in [5, 5.41) is 5.94. The number of azide groups is 1. The van der Waals surface area contributed by atoms with E-state index in [0.717, 1.165) is 13.8 Å². The molecular weight excluding hydrogens is 472 g/mol. The standard InChI is InChI=1S/C20H32N4O11/c1-12(25)23-17-19(34-15(4)28)18(33-14(3)27)16(11-32-13(2)26)35-20(17)31-10-9-30-8-7-29-6-5-22-24-21/h16-20H,5-11H2,1-4H3,(H,23,25)/t16-,17-,18+,19-,20-/m1/s1. The van der Waals surface area contributed by atoms with Crippen molar-refractivity contribution in [3.63, 3.8) is 0 Å². The second kappa shape index (κ2) is 16.6. The first-order valence-electron chi connectivity index (χ1n) is 10.8. The number of nitrogens with zero attached hydrogens (tertiary/aromatic N) is 3. The number of hydrogen-bond acceptors (Lipinski definition) is 12. The van der Waals surface area contributed by atoms with Crippen LogP contribution in [-0.2, 0) is 52.3 Å². The van der Waals surface area contributed by atoms with E-state index in [9.17, 15) is 19.2 Å². The molecule has 1 aliphatic heterocycles. The van der Waals surface area contributed by atoms with Crippen LogP contribution in [0, 0.1) is 0 Å². The zero-order valence-corrected chi connectivity index (χ0v) is 20.2. The highest BCUT2D eigenvalue weighted by atomic mass is 16.7. The van der Waals surface area contributed by atoms with Crippen LogP contribution in [0.2, 0.25) is 0 Å². The van der Waals surface area contributed by atoms with Gasteiger partial charge in [-0.25, -0.2) is 0 Å². The third-order valence-corrected chi connectivity index (χ3v) is 4.35. The predicted molar refractivity (Wildman–Crippen MR) is 116 cm³/mol. The Bertz CT molecular complexity index is 759. The van der Waals surface area contributed by atoms with E-state index in [1.165, 1.54) is 13.8 Å². The van der Waals surface area contributed by atoms with Crippen molar-refractivity contribution in [2.24, 2.45) is 5.11 Å². The lowest BCUT2D eigenvalue weighted by Crippen LogP contribution is -2.66. The monoisotopic (exact) mass is 504 g/mol. The van der Waals surface area contributed by atoms with Crippen LogP contribution in [0.25, 0.3) is 10.4 Å². The minimum atomic E-state index is -1.19. The van der Waals surface area contributed by atoms with Gasteiger partial charge in [0.1, 0.15) is 18.8 Å². The van der Waals surface area contributed by atoms with Crippen LogP contribution in [-0.4, -0.2) is 101 Å². The van der Waals surface area contributed by atoms with Gasteiger partial charge in [0.05, 0.1) is 33.0 Å². The van der Waals surface area contributed by atoms with Crippen LogP contribution >= 0.6 is 0 Å². The van der Waals surface area contributed by atoms with Gasteiger partial charge in [0, 0.05) is 39.2 Å². The number of carbonyl (C=O) groups excluding carboxylic acids is 4. The Morgan fingerprint density at radius 1 is 0.886 bits per heavy atom. The molecule has 0 aromatic heterocycles. The van der Waals surface area contributed by atoms with Crippen molar-refractivity contribution in [3.8, 4) is 0 Å². The van der Waals surface area contributed by atoms with Gasteiger partial charge in [0.25, 0.3) is 0 Å². The van der Waals surface area contributed by atoms with E-state index in [1.807, 2.05) is 0 Å². The van der Waals surface area contributed by atoms with Gasteiger partial charge in [0.15, 0.2) is 18.5 Å². The number of esters is 3. The lowest BCUT2D eigenvalue weighted by Gasteiger charge is -2.44. The van der Waals surface area contributed by atoms with E-state index in [1.54, 1.807) is 0 Å². The summed E-state index contributed by atoms with van der Waals surface area (Å²) in [6, 6.07) is -1.04. The maximum absolute atomic E-state index is 11.9. The fraction of sp³-hybridized carbons (Fsp3) is 0.800. The normalized spacial score (nSPS) is 23.5. The molecule has 1 heterocycles. The Hall–Kier alpha value is -2.97. The number of nitrogens with one attached hydrogen (secondary N) is 1. The number of hydrogen-bond donors (Lipinski definition) is 1. The molecule has 5 atom stereocenters. The molecule has 198 valence electrons. The maximum atomic E-state index is 11.9. The minimum absolute atomic E-state index is 0.0186. The smallest absolute Gasteiger partial charge is 0.303 e. The van der Waals surface area contributed by atoms with E-state index in [0.29, 0.717) is 0 Å². The lowest BCUT2D eigenvalue weighted by molar-refractivity contribution is -0.279. The third-order valence-electron chi connectivity index (χ3n) is 4.35. The van der Waals surface area contributed by atoms with Crippen molar-refractivity contribution >= 4 is 23.8 Å². The Morgan fingerprint density at radius 3 is 2.06 bits per heavy atom. The van der Waals surface area contributed by atoms with Gasteiger partial charge in [-0.05, 0) is 5.53 Å². The van der Waals surface area contributed by atoms with Crippen LogP contribution in [0.15, 0.2) is 5.11 Å². The molecule has 0 unspecified atom stereocenters. The van der Waals surface area contributed by atoms with Gasteiger partial charge >= 0.3 is 17.9 Å². The SMILES string of the molecule is CC(=O)N[C@H]1[C@H](OCCOCCOCCN=[N+]=[N-])O[C@H](COC(C)=O)[C@H](OC(C)=O)[C@@H]1OC(C)=O. The van der Waals surface area contributed by atoms with Gasteiger partial charge in [-0.1, -0.05) is 5.11 Å². The molecule has 1 saturated heterocycles. The molecule has 35 heavy (non-hydrogen) atoms. The van der Waals surface area contributed by atoms with Gasteiger partial charge in [0.2, 0.25) is 5.91 Å². The Morgan fingerprint density at radius 2 is 1.49 bits per heavy atom. The molecule has 1 aliphatic rings. The number of ether oxygens (including phenoxy) is 7. The van der Waals surface area contributed by atoms with Gasteiger partial charge in [-0.3, -0.25) is 19.2 Å². The highest BCUT2D eigenvalue weighted by Gasteiger charge is 2.51. The fourth-order valence-corrected chi connectivity index (χ4v) is 3.13. The van der Waals surface area contributed by atoms with Gasteiger partial charge in [-0.15, -0.1) is 0 Å². The topological polar surface area (TPSA) is 194 Å². The maximum Gasteiger partial charge on any atom is 0.303 e. The molecule has 1 rings (SSSR count). The van der Waals surface area contributed by atoms with Gasteiger partial charge < -0.3 is 38.5 Å². The molecular formula is C20H32N4O11. The third kappa shape index (κ3) is 12.3. The summed E-state index contributed by atoms with van der Waals surface area (Å²) in [4.78, 5) is 49.3.